The van der Waals surface area contributed by atoms with Gasteiger partial charge < -0.3 is 5.73 Å². The van der Waals surface area contributed by atoms with E-state index in [-0.39, 0.29) is 0 Å². The van der Waals surface area contributed by atoms with E-state index < -0.39 is 0 Å². The van der Waals surface area contributed by atoms with E-state index in [1.54, 1.807) is 0 Å². The van der Waals surface area contributed by atoms with Gasteiger partial charge in [0, 0.05) is 12.0 Å². The number of hydrogen-bond acceptors (Lipinski definition) is 3. The van der Waals surface area contributed by atoms with Gasteiger partial charge in [-0.05, 0) is 18.7 Å². The molecule has 2 aromatic heterocycles. The molecule has 2 heterocycles. The summed E-state index contributed by atoms with van der Waals surface area (Å²) in [6, 6.07) is 14.1. The molecule has 0 aliphatic carbocycles. The van der Waals surface area contributed by atoms with Crippen molar-refractivity contribution in [2.45, 2.75) is 6.42 Å². The molecule has 0 unspecified atom stereocenters. The molecule has 18 heavy (non-hydrogen) atoms. The normalized spacial score (nSPS) is 10.9. The van der Waals surface area contributed by atoms with E-state index in [9.17, 15) is 0 Å². The van der Waals surface area contributed by atoms with Gasteiger partial charge in [0.25, 0.3) is 0 Å². The van der Waals surface area contributed by atoms with Gasteiger partial charge in [-0.1, -0.05) is 30.3 Å². The number of nitrogens with two attached hydrogens (primary N) is 1. The highest BCUT2D eigenvalue weighted by atomic mass is 15.3. The number of benzene rings is 1. The molecular weight excluding hydrogens is 224 g/mol. The number of hydrogen-bond donors (Lipinski definition) is 1. The van der Waals surface area contributed by atoms with Crippen LogP contribution in [0.1, 0.15) is 5.69 Å². The molecule has 0 saturated heterocycles. The van der Waals surface area contributed by atoms with Crippen LogP contribution in [0.3, 0.4) is 0 Å². The molecule has 0 spiro atoms. The molecule has 4 heteroatoms. The van der Waals surface area contributed by atoms with Crippen LogP contribution in [-0.2, 0) is 6.42 Å². The molecule has 3 rings (SSSR count). The van der Waals surface area contributed by atoms with Gasteiger partial charge in [0.15, 0.2) is 5.65 Å². The molecular formula is C14H14N4. The van der Waals surface area contributed by atoms with Crippen LogP contribution in [0.5, 0.6) is 0 Å². The van der Waals surface area contributed by atoms with Crippen LogP contribution in [0.2, 0.25) is 0 Å². The predicted octanol–water partition coefficient (Wildman–Crippen LogP) is 1.90. The first-order valence-corrected chi connectivity index (χ1v) is 5.97. The minimum absolute atomic E-state index is 0.602. The van der Waals surface area contributed by atoms with Gasteiger partial charge in [0.2, 0.25) is 0 Å². The monoisotopic (exact) mass is 238 g/mol. The van der Waals surface area contributed by atoms with Gasteiger partial charge >= 0.3 is 0 Å². The first-order chi connectivity index (χ1) is 8.88. The van der Waals surface area contributed by atoms with Crippen LogP contribution in [0.15, 0.2) is 48.7 Å². The Morgan fingerprint density at radius 2 is 1.89 bits per heavy atom. The number of imidazole rings is 1. The molecule has 4 nitrogen and oxygen atoms in total. The minimum atomic E-state index is 0.602. The van der Waals surface area contributed by atoms with E-state index in [0.29, 0.717) is 6.54 Å². The van der Waals surface area contributed by atoms with Gasteiger partial charge in [-0.3, -0.25) is 0 Å². The second kappa shape index (κ2) is 4.58. The summed E-state index contributed by atoms with van der Waals surface area (Å²) >= 11 is 0. The number of aromatic nitrogens is 3. The summed E-state index contributed by atoms with van der Waals surface area (Å²) in [5.74, 6) is 0. The van der Waals surface area contributed by atoms with Crippen molar-refractivity contribution in [3.63, 3.8) is 0 Å². The molecule has 0 atom stereocenters. The SMILES string of the molecule is NCCc1cnc2ccc(-c3ccccc3)nn12. The van der Waals surface area contributed by atoms with Gasteiger partial charge in [-0.25, -0.2) is 9.50 Å². The van der Waals surface area contributed by atoms with Crippen molar-refractivity contribution in [2.75, 3.05) is 6.54 Å². The molecule has 90 valence electrons. The number of fused-ring (bicyclic) bond motifs is 1. The van der Waals surface area contributed by atoms with Crippen molar-refractivity contribution in [3.05, 3.63) is 54.4 Å². The third-order valence-corrected chi connectivity index (χ3v) is 2.90. The van der Waals surface area contributed by atoms with Gasteiger partial charge in [0.1, 0.15) is 0 Å². The molecule has 0 bridgehead atoms. The molecule has 2 N–H and O–H groups in total. The van der Waals surface area contributed by atoms with Crippen LogP contribution in [0, 0.1) is 0 Å². The summed E-state index contributed by atoms with van der Waals surface area (Å²) in [5.41, 5.74) is 9.54. The number of rotatable bonds is 3. The highest BCUT2D eigenvalue weighted by Gasteiger charge is 2.05. The van der Waals surface area contributed by atoms with Crippen LogP contribution >= 0.6 is 0 Å². The first kappa shape index (κ1) is 10.9. The zero-order valence-electron chi connectivity index (χ0n) is 9.95. The molecule has 0 radical (unpaired) electrons. The Hall–Kier alpha value is -2.20. The van der Waals surface area contributed by atoms with E-state index in [0.717, 1.165) is 29.0 Å². The Labute approximate surface area is 105 Å². The Balaban J connectivity index is 2.12. The lowest BCUT2D eigenvalue weighted by Crippen LogP contribution is -2.06. The molecule has 0 amide bonds. The molecule has 0 saturated carbocycles. The fraction of sp³-hybridized carbons (Fsp3) is 0.143. The summed E-state index contributed by atoms with van der Waals surface area (Å²) in [6.45, 7) is 0.602. The highest BCUT2D eigenvalue weighted by Crippen LogP contribution is 2.17. The average molecular weight is 238 g/mol. The molecule has 0 aliphatic heterocycles. The first-order valence-electron chi connectivity index (χ1n) is 5.97. The standard InChI is InChI=1S/C14H14N4/c15-9-8-12-10-16-14-7-6-13(17-18(12)14)11-4-2-1-3-5-11/h1-7,10H,8-9,15H2. The molecule has 1 aromatic carbocycles. The summed E-state index contributed by atoms with van der Waals surface area (Å²) in [7, 11) is 0. The van der Waals surface area contributed by atoms with Crippen molar-refractivity contribution in [1.29, 1.82) is 0 Å². The lowest BCUT2D eigenvalue weighted by atomic mass is 10.1. The maximum Gasteiger partial charge on any atom is 0.153 e. The zero-order chi connectivity index (χ0) is 12.4. The highest BCUT2D eigenvalue weighted by molar-refractivity contribution is 5.60. The van der Waals surface area contributed by atoms with Crippen molar-refractivity contribution >= 4 is 5.65 Å². The quantitative estimate of drug-likeness (QED) is 0.758. The largest absolute Gasteiger partial charge is 0.330 e. The summed E-state index contributed by atoms with van der Waals surface area (Å²) in [4.78, 5) is 4.32. The third-order valence-electron chi connectivity index (χ3n) is 2.90. The van der Waals surface area contributed by atoms with Crippen LogP contribution in [-0.4, -0.2) is 21.1 Å². The molecule has 3 aromatic rings. The Morgan fingerprint density at radius 3 is 2.67 bits per heavy atom. The maximum atomic E-state index is 5.59. The maximum absolute atomic E-state index is 5.59. The van der Waals surface area contributed by atoms with Crippen molar-refractivity contribution in [1.82, 2.24) is 14.6 Å². The fourth-order valence-corrected chi connectivity index (χ4v) is 2.00. The summed E-state index contributed by atoms with van der Waals surface area (Å²) in [5, 5.41) is 4.62. The summed E-state index contributed by atoms with van der Waals surface area (Å²) in [6.07, 6.45) is 2.62. The van der Waals surface area contributed by atoms with Crippen molar-refractivity contribution < 1.29 is 0 Å². The van der Waals surface area contributed by atoms with Crippen molar-refractivity contribution in [2.24, 2.45) is 5.73 Å². The zero-order valence-corrected chi connectivity index (χ0v) is 9.95. The Kier molecular flexibility index (Phi) is 2.78. The van der Waals surface area contributed by atoms with Crippen LogP contribution < -0.4 is 5.73 Å². The lowest BCUT2D eigenvalue weighted by Gasteiger charge is -2.03. The topological polar surface area (TPSA) is 56.2 Å². The van der Waals surface area contributed by atoms with Crippen molar-refractivity contribution in [3.8, 4) is 11.3 Å². The Morgan fingerprint density at radius 1 is 1.06 bits per heavy atom. The van der Waals surface area contributed by atoms with Crippen LogP contribution in [0.25, 0.3) is 16.9 Å². The second-order valence-electron chi connectivity index (χ2n) is 4.14. The third kappa shape index (κ3) is 1.87. The van der Waals surface area contributed by atoms with E-state index in [1.807, 2.05) is 53.2 Å². The van der Waals surface area contributed by atoms with E-state index in [1.165, 1.54) is 0 Å². The van der Waals surface area contributed by atoms with E-state index in [4.69, 9.17) is 5.73 Å². The molecule has 0 fully saturated rings. The smallest absolute Gasteiger partial charge is 0.153 e. The second-order valence-corrected chi connectivity index (χ2v) is 4.14. The lowest BCUT2D eigenvalue weighted by molar-refractivity contribution is 0.830. The van der Waals surface area contributed by atoms with Gasteiger partial charge in [0.05, 0.1) is 17.6 Å². The van der Waals surface area contributed by atoms with Crippen LogP contribution in [0.4, 0.5) is 0 Å². The molecule has 0 aliphatic rings. The van der Waals surface area contributed by atoms with E-state index in [2.05, 4.69) is 10.1 Å². The van der Waals surface area contributed by atoms with Gasteiger partial charge in [-0.2, -0.15) is 5.10 Å². The minimum Gasteiger partial charge on any atom is -0.330 e. The predicted molar refractivity (Wildman–Crippen MR) is 71.2 cm³/mol. The Bertz CT molecular complexity index is 658. The number of nitrogens with zero attached hydrogens (tertiary/aromatic N) is 3. The van der Waals surface area contributed by atoms with Gasteiger partial charge in [-0.15, -0.1) is 0 Å². The average Bonchev–Trinajstić information content (AvgIpc) is 2.83. The van der Waals surface area contributed by atoms with E-state index >= 15 is 0 Å². The summed E-state index contributed by atoms with van der Waals surface area (Å²) < 4.78 is 1.87. The fourth-order valence-electron chi connectivity index (χ4n) is 2.00.